The number of amides is 1. The Morgan fingerprint density at radius 3 is 2.58 bits per heavy atom. The van der Waals surface area contributed by atoms with Crippen LogP contribution in [0.2, 0.25) is 5.02 Å². The third-order valence-corrected chi connectivity index (χ3v) is 3.84. The van der Waals surface area contributed by atoms with E-state index in [0.29, 0.717) is 11.6 Å². The van der Waals surface area contributed by atoms with Crippen molar-refractivity contribution in [2.24, 2.45) is 0 Å². The molecule has 0 spiro atoms. The second kappa shape index (κ2) is 4.74. The van der Waals surface area contributed by atoms with Crippen LogP contribution in [0.15, 0.2) is 47.1 Å². The first-order valence-corrected chi connectivity index (χ1v) is 6.65. The van der Waals surface area contributed by atoms with E-state index in [2.05, 4.69) is 5.32 Å². The van der Waals surface area contributed by atoms with E-state index < -0.39 is 0 Å². The van der Waals surface area contributed by atoms with E-state index >= 15 is 0 Å². The Kier molecular flexibility index (Phi) is 3.07. The third-order valence-electron chi connectivity index (χ3n) is 3.58. The first-order chi connectivity index (χ1) is 9.21. The molecule has 0 unspecified atom stereocenters. The van der Waals surface area contributed by atoms with Crippen molar-refractivity contribution >= 4 is 17.5 Å². The number of hydrogen-bond donors (Lipinski definition) is 1. The summed E-state index contributed by atoms with van der Waals surface area (Å²) < 4.78 is 5.21. The van der Waals surface area contributed by atoms with Crippen LogP contribution in [-0.2, 0) is 16.8 Å². The number of hydrogen-bond acceptors (Lipinski definition) is 2. The summed E-state index contributed by atoms with van der Waals surface area (Å²) in [5, 5.41) is 3.63. The SMILES string of the molecule is O=C(NCc1ccco1)C1(c2ccc(Cl)cc2)CC1. The van der Waals surface area contributed by atoms with Gasteiger partial charge in [-0.1, -0.05) is 23.7 Å². The highest BCUT2D eigenvalue weighted by Crippen LogP contribution is 2.48. The van der Waals surface area contributed by atoms with Gasteiger partial charge in [0.05, 0.1) is 18.2 Å². The minimum absolute atomic E-state index is 0.0613. The summed E-state index contributed by atoms with van der Waals surface area (Å²) in [4.78, 5) is 12.3. The molecular weight excluding hydrogens is 262 g/mol. The lowest BCUT2D eigenvalue weighted by Gasteiger charge is -2.15. The number of nitrogens with one attached hydrogen (secondary N) is 1. The molecule has 2 aromatic rings. The van der Waals surface area contributed by atoms with Crippen molar-refractivity contribution in [2.45, 2.75) is 24.8 Å². The minimum Gasteiger partial charge on any atom is -0.467 e. The van der Waals surface area contributed by atoms with Crippen LogP contribution in [0.5, 0.6) is 0 Å². The number of furan rings is 1. The Bertz CT molecular complexity index is 571. The Morgan fingerprint density at radius 2 is 2.00 bits per heavy atom. The lowest BCUT2D eigenvalue weighted by atomic mass is 9.95. The molecule has 1 amide bonds. The molecule has 1 aromatic carbocycles. The highest BCUT2D eigenvalue weighted by Gasteiger charge is 2.51. The van der Waals surface area contributed by atoms with Crippen LogP contribution in [-0.4, -0.2) is 5.91 Å². The Balaban J connectivity index is 1.70. The fraction of sp³-hybridized carbons (Fsp3) is 0.267. The molecule has 0 atom stereocenters. The van der Waals surface area contributed by atoms with E-state index in [9.17, 15) is 4.79 Å². The molecule has 98 valence electrons. The summed E-state index contributed by atoms with van der Waals surface area (Å²) in [6.45, 7) is 0.432. The van der Waals surface area contributed by atoms with Crippen molar-refractivity contribution < 1.29 is 9.21 Å². The molecule has 0 saturated heterocycles. The highest BCUT2D eigenvalue weighted by molar-refractivity contribution is 6.30. The zero-order chi connectivity index (χ0) is 13.3. The molecule has 19 heavy (non-hydrogen) atoms. The van der Waals surface area contributed by atoms with Crippen molar-refractivity contribution in [3.05, 3.63) is 59.0 Å². The highest BCUT2D eigenvalue weighted by atomic mass is 35.5. The Morgan fingerprint density at radius 1 is 1.26 bits per heavy atom. The van der Waals surface area contributed by atoms with E-state index in [4.69, 9.17) is 16.0 Å². The molecule has 1 heterocycles. The van der Waals surface area contributed by atoms with Crippen LogP contribution < -0.4 is 5.32 Å². The largest absolute Gasteiger partial charge is 0.467 e. The van der Waals surface area contributed by atoms with Gasteiger partial charge in [0.25, 0.3) is 0 Å². The van der Waals surface area contributed by atoms with Gasteiger partial charge in [-0.3, -0.25) is 4.79 Å². The molecule has 1 aliphatic rings. The lowest BCUT2D eigenvalue weighted by molar-refractivity contribution is -0.123. The molecule has 3 nitrogen and oxygen atoms in total. The van der Waals surface area contributed by atoms with Gasteiger partial charge in [0.1, 0.15) is 5.76 Å². The monoisotopic (exact) mass is 275 g/mol. The van der Waals surface area contributed by atoms with E-state index in [-0.39, 0.29) is 11.3 Å². The van der Waals surface area contributed by atoms with Gasteiger partial charge in [-0.05, 0) is 42.7 Å². The topological polar surface area (TPSA) is 42.2 Å². The number of carbonyl (C=O) groups excluding carboxylic acids is 1. The molecular formula is C15H14ClNO2. The maximum Gasteiger partial charge on any atom is 0.231 e. The summed E-state index contributed by atoms with van der Waals surface area (Å²) in [6.07, 6.45) is 3.38. The molecule has 0 bridgehead atoms. The van der Waals surface area contributed by atoms with Gasteiger partial charge in [-0.15, -0.1) is 0 Å². The second-order valence-electron chi connectivity index (χ2n) is 4.85. The van der Waals surface area contributed by atoms with Crippen LogP contribution in [0.25, 0.3) is 0 Å². The van der Waals surface area contributed by atoms with Crippen LogP contribution in [0.1, 0.15) is 24.2 Å². The van der Waals surface area contributed by atoms with Crippen molar-refractivity contribution in [1.29, 1.82) is 0 Å². The van der Waals surface area contributed by atoms with Gasteiger partial charge in [-0.2, -0.15) is 0 Å². The summed E-state index contributed by atoms with van der Waals surface area (Å²) in [5.41, 5.74) is 0.672. The summed E-state index contributed by atoms with van der Waals surface area (Å²) in [5.74, 6) is 0.825. The average molecular weight is 276 g/mol. The predicted molar refractivity (Wildman–Crippen MR) is 72.9 cm³/mol. The van der Waals surface area contributed by atoms with Crippen LogP contribution >= 0.6 is 11.6 Å². The van der Waals surface area contributed by atoms with E-state index in [1.54, 1.807) is 6.26 Å². The van der Waals surface area contributed by atoms with Crippen LogP contribution in [0, 0.1) is 0 Å². The average Bonchev–Trinajstić information content (AvgIpc) is 3.07. The van der Waals surface area contributed by atoms with E-state index in [0.717, 1.165) is 24.2 Å². The summed E-state index contributed by atoms with van der Waals surface area (Å²) in [6, 6.07) is 11.2. The van der Waals surface area contributed by atoms with E-state index in [1.165, 1.54) is 0 Å². The van der Waals surface area contributed by atoms with Crippen LogP contribution in [0.3, 0.4) is 0 Å². The van der Waals surface area contributed by atoms with Gasteiger partial charge in [0.15, 0.2) is 0 Å². The number of rotatable bonds is 4. The number of benzene rings is 1. The van der Waals surface area contributed by atoms with Gasteiger partial charge >= 0.3 is 0 Å². The fourth-order valence-electron chi connectivity index (χ4n) is 2.29. The minimum atomic E-state index is -0.364. The third kappa shape index (κ3) is 2.38. The van der Waals surface area contributed by atoms with Crippen molar-refractivity contribution in [3.8, 4) is 0 Å². The molecule has 1 saturated carbocycles. The zero-order valence-electron chi connectivity index (χ0n) is 10.4. The van der Waals surface area contributed by atoms with Crippen molar-refractivity contribution in [2.75, 3.05) is 0 Å². The van der Waals surface area contributed by atoms with Crippen molar-refractivity contribution in [1.82, 2.24) is 5.32 Å². The lowest BCUT2D eigenvalue weighted by Crippen LogP contribution is -2.34. The molecule has 1 N–H and O–H groups in total. The van der Waals surface area contributed by atoms with Crippen LogP contribution in [0.4, 0.5) is 0 Å². The fourth-order valence-corrected chi connectivity index (χ4v) is 2.42. The van der Waals surface area contributed by atoms with Crippen molar-refractivity contribution in [3.63, 3.8) is 0 Å². The molecule has 1 fully saturated rings. The maximum absolute atomic E-state index is 12.3. The summed E-state index contributed by atoms with van der Waals surface area (Å²) >= 11 is 5.88. The van der Waals surface area contributed by atoms with Gasteiger partial charge in [-0.25, -0.2) is 0 Å². The van der Waals surface area contributed by atoms with Gasteiger partial charge < -0.3 is 9.73 Å². The summed E-state index contributed by atoms with van der Waals surface area (Å²) in [7, 11) is 0. The molecule has 0 aliphatic heterocycles. The number of halogens is 1. The van der Waals surface area contributed by atoms with Gasteiger partial charge in [0, 0.05) is 5.02 Å². The molecule has 3 rings (SSSR count). The Hall–Kier alpha value is -1.74. The van der Waals surface area contributed by atoms with Gasteiger partial charge in [0.2, 0.25) is 5.91 Å². The Labute approximate surface area is 116 Å². The number of carbonyl (C=O) groups is 1. The first-order valence-electron chi connectivity index (χ1n) is 6.27. The smallest absolute Gasteiger partial charge is 0.231 e. The standard InChI is InChI=1S/C15H14ClNO2/c16-12-5-3-11(4-6-12)15(7-8-15)14(18)17-10-13-2-1-9-19-13/h1-6,9H,7-8,10H2,(H,17,18). The first kappa shape index (κ1) is 12.3. The molecule has 4 heteroatoms. The maximum atomic E-state index is 12.3. The zero-order valence-corrected chi connectivity index (χ0v) is 11.1. The molecule has 0 radical (unpaired) electrons. The van der Waals surface area contributed by atoms with E-state index in [1.807, 2.05) is 36.4 Å². The molecule has 1 aliphatic carbocycles. The second-order valence-corrected chi connectivity index (χ2v) is 5.29. The quantitative estimate of drug-likeness (QED) is 0.930. The molecule has 1 aromatic heterocycles. The normalized spacial score (nSPS) is 16.1. The predicted octanol–water partition coefficient (Wildman–Crippen LogP) is 3.28.